The van der Waals surface area contributed by atoms with Gasteiger partial charge in [0, 0.05) is 35.7 Å². The summed E-state index contributed by atoms with van der Waals surface area (Å²) < 4.78 is 11.7. The highest BCUT2D eigenvalue weighted by atomic mass is 35.5. The topological polar surface area (TPSA) is 33.7 Å². The summed E-state index contributed by atoms with van der Waals surface area (Å²) in [4.78, 5) is 2.13. The van der Waals surface area contributed by atoms with Crippen LogP contribution < -0.4 is 14.8 Å². The average molecular weight is 397 g/mol. The molecule has 0 fully saturated rings. The van der Waals surface area contributed by atoms with E-state index in [2.05, 4.69) is 10.2 Å². The Bertz CT molecular complexity index is 708. The maximum atomic E-state index is 6.44. The molecule has 0 aliphatic rings. The number of rotatable bonds is 10. The van der Waals surface area contributed by atoms with Crippen molar-refractivity contribution in [2.45, 2.75) is 20.1 Å². The zero-order chi connectivity index (χ0) is 18.9. The first-order valence-electron chi connectivity index (χ1n) is 8.67. The van der Waals surface area contributed by atoms with E-state index in [0.29, 0.717) is 41.3 Å². The lowest BCUT2D eigenvalue weighted by atomic mass is 10.2. The van der Waals surface area contributed by atoms with Crippen molar-refractivity contribution in [2.75, 3.05) is 33.8 Å². The van der Waals surface area contributed by atoms with E-state index in [1.54, 1.807) is 0 Å². The lowest BCUT2D eigenvalue weighted by molar-refractivity contribution is 0.269. The molecule has 6 heteroatoms. The van der Waals surface area contributed by atoms with Crippen molar-refractivity contribution in [2.24, 2.45) is 0 Å². The Balaban J connectivity index is 2.06. The van der Waals surface area contributed by atoms with E-state index in [1.165, 1.54) is 0 Å². The van der Waals surface area contributed by atoms with Crippen LogP contribution in [0.5, 0.6) is 11.5 Å². The molecule has 0 spiro atoms. The van der Waals surface area contributed by atoms with Crippen molar-refractivity contribution < 1.29 is 9.47 Å². The molecule has 1 N–H and O–H groups in total. The lowest BCUT2D eigenvalue weighted by Crippen LogP contribution is -2.26. The molecular formula is C20H26Cl2N2O2. The number of nitrogens with zero attached hydrogens (tertiary/aromatic N) is 1. The molecule has 26 heavy (non-hydrogen) atoms. The molecule has 0 amide bonds. The van der Waals surface area contributed by atoms with Crippen LogP contribution in [0.4, 0.5) is 0 Å². The van der Waals surface area contributed by atoms with Crippen LogP contribution in [0.3, 0.4) is 0 Å². The summed E-state index contributed by atoms with van der Waals surface area (Å²) in [6, 6.07) is 11.4. The summed E-state index contributed by atoms with van der Waals surface area (Å²) in [6.45, 7) is 5.45. The fraction of sp³-hybridized carbons (Fsp3) is 0.400. The van der Waals surface area contributed by atoms with Crippen LogP contribution in [0.25, 0.3) is 0 Å². The van der Waals surface area contributed by atoms with Crippen LogP contribution in [-0.4, -0.2) is 38.7 Å². The second-order valence-corrected chi connectivity index (χ2v) is 7.07. The molecule has 2 aromatic carbocycles. The standard InChI is InChI=1S/C20H26Cl2N2O2/c1-4-25-19-11-16(13-23-8-9-24(2)3)18(22)12-20(19)26-14-15-6-5-7-17(21)10-15/h5-7,10-12,23H,4,8-9,13-14H2,1-3H3. The minimum absolute atomic E-state index is 0.400. The fourth-order valence-corrected chi connectivity index (χ4v) is 2.84. The number of nitrogens with one attached hydrogen (secondary N) is 1. The first-order valence-corrected chi connectivity index (χ1v) is 9.43. The summed E-state index contributed by atoms with van der Waals surface area (Å²) in [5.74, 6) is 1.33. The van der Waals surface area contributed by atoms with Crippen molar-refractivity contribution in [3.05, 3.63) is 57.6 Å². The molecule has 0 aromatic heterocycles. The third kappa shape index (κ3) is 6.69. The van der Waals surface area contributed by atoms with E-state index < -0.39 is 0 Å². The van der Waals surface area contributed by atoms with E-state index in [9.17, 15) is 0 Å². The third-order valence-electron chi connectivity index (χ3n) is 3.75. The molecule has 0 bridgehead atoms. The van der Waals surface area contributed by atoms with E-state index in [0.717, 1.165) is 24.2 Å². The zero-order valence-electron chi connectivity index (χ0n) is 15.5. The van der Waals surface area contributed by atoms with Crippen LogP contribution in [0.1, 0.15) is 18.1 Å². The summed E-state index contributed by atoms with van der Waals surface area (Å²) in [5.41, 5.74) is 1.98. The quantitative estimate of drug-likeness (QED) is 0.593. The van der Waals surface area contributed by atoms with Crippen LogP contribution in [0, 0.1) is 0 Å². The van der Waals surface area contributed by atoms with Crippen LogP contribution in [-0.2, 0) is 13.2 Å². The number of likely N-dealkylation sites (N-methyl/N-ethyl adjacent to an activating group) is 1. The molecule has 2 aromatic rings. The van der Waals surface area contributed by atoms with E-state index in [-0.39, 0.29) is 0 Å². The molecule has 0 aliphatic carbocycles. The van der Waals surface area contributed by atoms with E-state index in [1.807, 2.05) is 57.4 Å². The number of hydrogen-bond acceptors (Lipinski definition) is 4. The van der Waals surface area contributed by atoms with Gasteiger partial charge in [-0.2, -0.15) is 0 Å². The number of ether oxygens (including phenoxy) is 2. The minimum atomic E-state index is 0.400. The highest BCUT2D eigenvalue weighted by Crippen LogP contribution is 2.34. The van der Waals surface area contributed by atoms with Gasteiger partial charge in [0.2, 0.25) is 0 Å². The summed E-state index contributed by atoms with van der Waals surface area (Å²) in [7, 11) is 4.10. The first-order chi connectivity index (χ1) is 12.5. The van der Waals surface area contributed by atoms with E-state index in [4.69, 9.17) is 32.7 Å². The molecule has 0 saturated carbocycles. The van der Waals surface area contributed by atoms with Crippen molar-refractivity contribution in [3.63, 3.8) is 0 Å². The van der Waals surface area contributed by atoms with Gasteiger partial charge in [-0.25, -0.2) is 0 Å². The molecule has 2 rings (SSSR count). The summed E-state index contributed by atoms with van der Waals surface area (Å²) in [5, 5.41) is 4.74. The van der Waals surface area contributed by atoms with Gasteiger partial charge in [-0.1, -0.05) is 35.3 Å². The second-order valence-electron chi connectivity index (χ2n) is 6.22. The number of halogens is 2. The van der Waals surface area contributed by atoms with Crippen molar-refractivity contribution >= 4 is 23.2 Å². The largest absolute Gasteiger partial charge is 0.490 e. The van der Waals surface area contributed by atoms with Gasteiger partial charge in [0.1, 0.15) is 6.61 Å². The minimum Gasteiger partial charge on any atom is -0.490 e. The van der Waals surface area contributed by atoms with Gasteiger partial charge >= 0.3 is 0 Å². The van der Waals surface area contributed by atoms with Gasteiger partial charge in [0.05, 0.1) is 6.61 Å². The summed E-state index contributed by atoms with van der Waals surface area (Å²) >= 11 is 12.5. The first kappa shape index (κ1) is 20.8. The molecule has 4 nitrogen and oxygen atoms in total. The van der Waals surface area contributed by atoms with Gasteiger partial charge in [0.25, 0.3) is 0 Å². The van der Waals surface area contributed by atoms with Gasteiger partial charge in [0.15, 0.2) is 11.5 Å². The highest BCUT2D eigenvalue weighted by molar-refractivity contribution is 6.31. The molecule has 0 saturated heterocycles. The Kier molecular flexibility index (Phi) is 8.52. The molecule has 0 radical (unpaired) electrons. The molecule has 142 valence electrons. The molecular weight excluding hydrogens is 371 g/mol. The molecule has 0 atom stereocenters. The van der Waals surface area contributed by atoms with Gasteiger partial charge in [-0.3, -0.25) is 0 Å². The maximum absolute atomic E-state index is 6.44. The highest BCUT2D eigenvalue weighted by Gasteiger charge is 2.11. The Morgan fingerprint density at radius 3 is 2.50 bits per heavy atom. The monoisotopic (exact) mass is 396 g/mol. The predicted octanol–water partition coefficient (Wildman–Crippen LogP) is 4.62. The Morgan fingerprint density at radius 2 is 1.81 bits per heavy atom. The van der Waals surface area contributed by atoms with Crippen LogP contribution in [0.15, 0.2) is 36.4 Å². The van der Waals surface area contributed by atoms with Crippen molar-refractivity contribution in [3.8, 4) is 11.5 Å². The van der Waals surface area contributed by atoms with Gasteiger partial charge in [-0.15, -0.1) is 0 Å². The van der Waals surface area contributed by atoms with E-state index >= 15 is 0 Å². The smallest absolute Gasteiger partial charge is 0.163 e. The number of hydrogen-bond donors (Lipinski definition) is 1. The second kappa shape index (κ2) is 10.6. The Morgan fingerprint density at radius 1 is 1.04 bits per heavy atom. The fourth-order valence-electron chi connectivity index (χ4n) is 2.41. The summed E-state index contributed by atoms with van der Waals surface area (Å²) in [6.07, 6.45) is 0. The normalized spacial score (nSPS) is 11.0. The number of benzene rings is 2. The molecule has 0 heterocycles. The average Bonchev–Trinajstić information content (AvgIpc) is 2.59. The Labute approximate surface area is 166 Å². The SMILES string of the molecule is CCOc1cc(CNCCN(C)C)c(Cl)cc1OCc1cccc(Cl)c1. The zero-order valence-corrected chi connectivity index (χ0v) is 17.0. The van der Waals surface area contributed by atoms with Crippen molar-refractivity contribution in [1.82, 2.24) is 10.2 Å². The van der Waals surface area contributed by atoms with Gasteiger partial charge in [-0.05, 0) is 50.3 Å². The maximum Gasteiger partial charge on any atom is 0.163 e. The molecule has 0 unspecified atom stereocenters. The molecule has 0 aliphatic heterocycles. The van der Waals surface area contributed by atoms with Crippen molar-refractivity contribution in [1.29, 1.82) is 0 Å². The lowest BCUT2D eigenvalue weighted by Gasteiger charge is -2.16. The predicted molar refractivity (Wildman–Crippen MR) is 109 cm³/mol. The Hall–Kier alpha value is -1.46. The van der Waals surface area contributed by atoms with Gasteiger partial charge < -0.3 is 19.7 Å². The third-order valence-corrected chi connectivity index (χ3v) is 4.33. The van der Waals surface area contributed by atoms with Crippen LogP contribution in [0.2, 0.25) is 10.0 Å². The van der Waals surface area contributed by atoms with Crippen LogP contribution >= 0.6 is 23.2 Å².